The van der Waals surface area contributed by atoms with E-state index < -0.39 is 0 Å². The predicted octanol–water partition coefficient (Wildman–Crippen LogP) is 1.46. The molecule has 2 rings (SSSR count). The molecular weight excluding hydrogens is 252 g/mol. The van der Waals surface area contributed by atoms with Crippen LogP contribution in [0.15, 0.2) is 36.7 Å². The highest BCUT2D eigenvalue weighted by Crippen LogP contribution is 2.17. The summed E-state index contributed by atoms with van der Waals surface area (Å²) in [6.07, 6.45) is 4.39. The molecule has 2 aromatic rings. The molecule has 1 heterocycles. The molecule has 5 nitrogen and oxygen atoms in total. The number of aromatic nitrogens is 2. The molecule has 0 aliphatic heterocycles. The lowest BCUT2D eigenvalue weighted by Crippen LogP contribution is -2.28. The molecule has 0 aliphatic carbocycles. The van der Waals surface area contributed by atoms with Crippen molar-refractivity contribution >= 4 is 11.6 Å². The van der Waals surface area contributed by atoms with Crippen molar-refractivity contribution in [3.8, 4) is 0 Å². The lowest BCUT2D eigenvalue weighted by molar-refractivity contribution is 0.0954. The molecule has 1 amide bonds. The summed E-state index contributed by atoms with van der Waals surface area (Å²) < 4.78 is 1.96. The van der Waals surface area contributed by atoms with Crippen LogP contribution in [-0.4, -0.2) is 36.1 Å². The minimum absolute atomic E-state index is 0.0523. The highest BCUT2D eigenvalue weighted by Gasteiger charge is 2.11. The van der Waals surface area contributed by atoms with Crippen molar-refractivity contribution in [2.45, 2.75) is 6.42 Å². The largest absolute Gasteiger partial charge is 0.377 e. The summed E-state index contributed by atoms with van der Waals surface area (Å²) in [6, 6.07) is 7.58. The first-order chi connectivity index (χ1) is 9.59. The van der Waals surface area contributed by atoms with Crippen LogP contribution in [0.4, 0.5) is 5.69 Å². The zero-order valence-electron chi connectivity index (χ0n) is 12.1. The molecule has 5 heteroatoms. The fourth-order valence-corrected chi connectivity index (χ4v) is 2.08. The number of imidazole rings is 1. The van der Waals surface area contributed by atoms with E-state index in [-0.39, 0.29) is 5.91 Å². The van der Waals surface area contributed by atoms with Crippen LogP contribution in [0.2, 0.25) is 0 Å². The number of anilines is 1. The highest BCUT2D eigenvalue weighted by molar-refractivity contribution is 5.99. The topological polar surface area (TPSA) is 50.2 Å². The molecule has 106 valence electrons. The van der Waals surface area contributed by atoms with Gasteiger partial charge in [-0.1, -0.05) is 12.1 Å². The number of nitrogens with zero attached hydrogens (tertiary/aromatic N) is 3. The summed E-state index contributed by atoms with van der Waals surface area (Å²) in [5.41, 5.74) is 1.61. The second kappa shape index (κ2) is 6.23. The van der Waals surface area contributed by atoms with Gasteiger partial charge < -0.3 is 14.8 Å². The maximum absolute atomic E-state index is 12.2. The number of carbonyl (C=O) groups is 1. The highest BCUT2D eigenvalue weighted by atomic mass is 16.1. The van der Waals surface area contributed by atoms with E-state index in [4.69, 9.17) is 0 Å². The van der Waals surface area contributed by atoms with Crippen LogP contribution in [0.1, 0.15) is 16.2 Å². The van der Waals surface area contributed by atoms with Gasteiger partial charge in [0, 0.05) is 52.2 Å². The van der Waals surface area contributed by atoms with Gasteiger partial charge in [0.1, 0.15) is 5.82 Å². The Morgan fingerprint density at radius 1 is 1.35 bits per heavy atom. The monoisotopic (exact) mass is 272 g/mol. The third-order valence-corrected chi connectivity index (χ3v) is 3.19. The Kier molecular flexibility index (Phi) is 4.40. The van der Waals surface area contributed by atoms with Gasteiger partial charge in [-0.2, -0.15) is 0 Å². The fraction of sp³-hybridized carbons (Fsp3) is 0.333. The van der Waals surface area contributed by atoms with Gasteiger partial charge in [0.05, 0.1) is 5.56 Å². The smallest absolute Gasteiger partial charge is 0.253 e. The first-order valence-electron chi connectivity index (χ1n) is 6.60. The van der Waals surface area contributed by atoms with Crippen molar-refractivity contribution in [2.75, 3.05) is 25.5 Å². The number of hydrogen-bond acceptors (Lipinski definition) is 3. The molecule has 0 fully saturated rings. The van der Waals surface area contributed by atoms with Gasteiger partial charge in [-0.05, 0) is 12.1 Å². The van der Waals surface area contributed by atoms with Crippen molar-refractivity contribution in [2.24, 2.45) is 7.05 Å². The van der Waals surface area contributed by atoms with E-state index in [0.29, 0.717) is 12.1 Å². The number of para-hydroxylation sites is 1. The second-order valence-electron chi connectivity index (χ2n) is 4.87. The molecule has 0 unspecified atom stereocenters. The van der Waals surface area contributed by atoms with Gasteiger partial charge >= 0.3 is 0 Å². The van der Waals surface area contributed by atoms with Crippen molar-refractivity contribution < 1.29 is 4.79 Å². The number of nitrogens with one attached hydrogen (secondary N) is 1. The van der Waals surface area contributed by atoms with Crippen molar-refractivity contribution in [3.63, 3.8) is 0 Å². The molecule has 0 saturated carbocycles. The van der Waals surface area contributed by atoms with Crippen molar-refractivity contribution in [3.05, 3.63) is 48.0 Å². The molecule has 0 radical (unpaired) electrons. The minimum atomic E-state index is -0.0523. The molecule has 1 aromatic heterocycles. The standard InChI is InChI=1S/C15H20N4O/c1-18(2)13-7-5-4-6-12(13)15(20)17-9-8-14-16-10-11-19(14)3/h4-7,10-11H,8-9H2,1-3H3,(H,17,20). The Labute approximate surface area is 119 Å². The summed E-state index contributed by atoms with van der Waals surface area (Å²) in [7, 11) is 5.81. The number of rotatable bonds is 5. The van der Waals surface area contributed by atoms with Crippen LogP contribution in [0.25, 0.3) is 0 Å². The van der Waals surface area contributed by atoms with Crippen LogP contribution >= 0.6 is 0 Å². The van der Waals surface area contributed by atoms with Crippen LogP contribution in [0.3, 0.4) is 0 Å². The van der Waals surface area contributed by atoms with E-state index in [1.165, 1.54) is 0 Å². The number of carbonyl (C=O) groups excluding carboxylic acids is 1. The van der Waals surface area contributed by atoms with Gasteiger partial charge in [-0.25, -0.2) is 4.98 Å². The molecule has 0 bridgehead atoms. The van der Waals surface area contributed by atoms with Crippen molar-refractivity contribution in [1.29, 1.82) is 0 Å². The molecule has 0 spiro atoms. The number of benzene rings is 1. The Balaban J connectivity index is 1.97. The average molecular weight is 272 g/mol. The van der Waals surface area contributed by atoms with E-state index in [1.807, 2.05) is 61.1 Å². The van der Waals surface area contributed by atoms with Gasteiger partial charge in [0.15, 0.2) is 0 Å². The molecule has 1 aromatic carbocycles. The minimum Gasteiger partial charge on any atom is -0.377 e. The quantitative estimate of drug-likeness (QED) is 0.896. The van der Waals surface area contributed by atoms with E-state index >= 15 is 0 Å². The number of aryl methyl sites for hydroxylation is 1. The third kappa shape index (κ3) is 3.17. The van der Waals surface area contributed by atoms with Crippen LogP contribution in [0, 0.1) is 0 Å². The first-order valence-corrected chi connectivity index (χ1v) is 6.60. The Morgan fingerprint density at radius 2 is 2.10 bits per heavy atom. The zero-order valence-corrected chi connectivity index (χ0v) is 12.1. The molecule has 0 aliphatic rings. The van der Waals surface area contributed by atoms with Crippen LogP contribution < -0.4 is 10.2 Å². The third-order valence-electron chi connectivity index (χ3n) is 3.19. The van der Waals surface area contributed by atoms with Gasteiger partial charge in [-0.15, -0.1) is 0 Å². The Bertz CT molecular complexity index is 589. The number of hydrogen-bond donors (Lipinski definition) is 1. The molecule has 0 atom stereocenters. The summed E-state index contributed by atoms with van der Waals surface area (Å²) in [4.78, 5) is 18.4. The van der Waals surface area contributed by atoms with E-state index in [0.717, 1.165) is 17.9 Å². The fourth-order valence-electron chi connectivity index (χ4n) is 2.08. The maximum atomic E-state index is 12.2. The predicted molar refractivity (Wildman–Crippen MR) is 80.0 cm³/mol. The van der Waals surface area contributed by atoms with E-state index in [2.05, 4.69) is 10.3 Å². The zero-order chi connectivity index (χ0) is 14.5. The van der Waals surface area contributed by atoms with Gasteiger partial charge in [0.25, 0.3) is 5.91 Å². The Hall–Kier alpha value is -2.30. The molecule has 0 saturated heterocycles. The van der Waals surface area contributed by atoms with E-state index in [9.17, 15) is 4.79 Å². The second-order valence-corrected chi connectivity index (χ2v) is 4.87. The van der Waals surface area contributed by atoms with Crippen LogP contribution in [0.5, 0.6) is 0 Å². The van der Waals surface area contributed by atoms with Gasteiger partial charge in [-0.3, -0.25) is 4.79 Å². The number of amides is 1. The summed E-state index contributed by atoms with van der Waals surface area (Å²) in [5.74, 6) is 0.912. The normalized spacial score (nSPS) is 10.3. The average Bonchev–Trinajstić information content (AvgIpc) is 2.84. The molecule has 1 N–H and O–H groups in total. The lowest BCUT2D eigenvalue weighted by Gasteiger charge is -2.16. The summed E-state index contributed by atoms with van der Waals surface area (Å²) in [5, 5.41) is 2.94. The van der Waals surface area contributed by atoms with Crippen molar-refractivity contribution in [1.82, 2.24) is 14.9 Å². The Morgan fingerprint density at radius 3 is 2.75 bits per heavy atom. The molecule has 20 heavy (non-hydrogen) atoms. The SMILES string of the molecule is CN(C)c1ccccc1C(=O)NCCc1nccn1C. The molecular formula is C15H20N4O. The van der Waals surface area contributed by atoms with Gasteiger partial charge in [0.2, 0.25) is 0 Å². The van der Waals surface area contributed by atoms with E-state index in [1.54, 1.807) is 6.20 Å². The maximum Gasteiger partial charge on any atom is 0.253 e. The first kappa shape index (κ1) is 14.1. The lowest BCUT2D eigenvalue weighted by atomic mass is 10.1. The summed E-state index contributed by atoms with van der Waals surface area (Å²) in [6.45, 7) is 0.575. The summed E-state index contributed by atoms with van der Waals surface area (Å²) >= 11 is 0. The van der Waals surface area contributed by atoms with Crippen LogP contribution in [-0.2, 0) is 13.5 Å².